The van der Waals surface area contributed by atoms with Crippen molar-refractivity contribution in [3.05, 3.63) is 60.2 Å². The van der Waals surface area contributed by atoms with Crippen LogP contribution in [-0.2, 0) is 11.3 Å². The van der Waals surface area contributed by atoms with Crippen molar-refractivity contribution in [3.8, 4) is 5.75 Å². The number of urea groups is 1. The second-order valence-electron chi connectivity index (χ2n) is 6.95. The maximum Gasteiger partial charge on any atom is 0.573 e. The number of nitrogens with zero attached hydrogens (tertiary/aromatic N) is 1. The summed E-state index contributed by atoms with van der Waals surface area (Å²) < 4.78 is 41.6. The normalized spacial score (nSPS) is 16.6. The predicted molar refractivity (Wildman–Crippen MR) is 105 cm³/mol. The van der Waals surface area contributed by atoms with E-state index in [1.807, 2.05) is 18.2 Å². The SMILES string of the molecule is O=C(Nc1ccccc1)C1CCCN(C(=O)NCc2ccccc2OC(F)(F)F)C1. The van der Waals surface area contributed by atoms with Crippen LogP contribution in [0.1, 0.15) is 18.4 Å². The molecule has 0 radical (unpaired) electrons. The number of halogens is 3. The largest absolute Gasteiger partial charge is 0.573 e. The van der Waals surface area contributed by atoms with Gasteiger partial charge in [0.05, 0.1) is 5.92 Å². The number of carbonyl (C=O) groups excluding carboxylic acids is 2. The molecule has 1 aliphatic heterocycles. The van der Waals surface area contributed by atoms with Crippen LogP contribution in [0, 0.1) is 5.92 Å². The molecule has 2 aromatic rings. The Bertz CT molecular complexity index is 875. The van der Waals surface area contributed by atoms with E-state index < -0.39 is 12.4 Å². The number of piperidine rings is 1. The maximum absolute atomic E-state index is 12.5. The minimum Gasteiger partial charge on any atom is -0.405 e. The van der Waals surface area contributed by atoms with Gasteiger partial charge in [0.1, 0.15) is 5.75 Å². The summed E-state index contributed by atoms with van der Waals surface area (Å²) in [7, 11) is 0. The average Bonchev–Trinajstić information content (AvgIpc) is 2.72. The predicted octanol–water partition coefficient (Wildman–Crippen LogP) is 4.15. The third-order valence-corrected chi connectivity index (χ3v) is 4.75. The Morgan fingerprint density at radius 3 is 2.50 bits per heavy atom. The van der Waals surface area contributed by atoms with Crippen molar-refractivity contribution in [3.63, 3.8) is 0 Å². The Kier molecular flexibility index (Phi) is 6.81. The number of alkyl halides is 3. The summed E-state index contributed by atoms with van der Waals surface area (Å²) in [6, 6.07) is 14.2. The van der Waals surface area contributed by atoms with E-state index in [-0.39, 0.29) is 36.2 Å². The highest BCUT2D eigenvalue weighted by Gasteiger charge is 2.32. The summed E-state index contributed by atoms with van der Waals surface area (Å²) in [5.74, 6) is -0.878. The quantitative estimate of drug-likeness (QED) is 0.762. The smallest absolute Gasteiger partial charge is 0.405 e. The fourth-order valence-electron chi connectivity index (χ4n) is 3.30. The Hall–Kier alpha value is -3.23. The summed E-state index contributed by atoms with van der Waals surface area (Å²) in [5.41, 5.74) is 0.893. The number of ether oxygens (including phenoxy) is 1. The van der Waals surface area contributed by atoms with Gasteiger partial charge >= 0.3 is 12.4 Å². The Morgan fingerprint density at radius 2 is 1.77 bits per heavy atom. The van der Waals surface area contributed by atoms with Crippen molar-refractivity contribution in [1.82, 2.24) is 10.2 Å². The van der Waals surface area contributed by atoms with Crippen molar-refractivity contribution in [2.45, 2.75) is 25.7 Å². The van der Waals surface area contributed by atoms with Gasteiger partial charge in [0.15, 0.2) is 0 Å². The van der Waals surface area contributed by atoms with E-state index in [0.29, 0.717) is 25.1 Å². The van der Waals surface area contributed by atoms with E-state index in [1.165, 1.54) is 23.1 Å². The summed E-state index contributed by atoms with van der Waals surface area (Å²) in [5, 5.41) is 5.45. The zero-order valence-corrected chi connectivity index (χ0v) is 16.1. The van der Waals surface area contributed by atoms with Crippen molar-refractivity contribution in [2.75, 3.05) is 18.4 Å². The van der Waals surface area contributed by atoms with Gasteiger partial charge in [-0.3, -0.25) is 4.79 Å². The van der Waals surface area contributed by atoms with E-state index in [9.17, 15) is 22.8 Å². The van der Waals surface area contributed by atoms with Gasteiger partial charge in [-0.2, -0.15) is 0 Å². The van der Waals surface area contributed by atoms with Crippen molar-refractivity contribution >= 4 is 17.6 Å². The van der Waals surface area contributed by atoms with E-state index in [0.717, 1.165) is 0 Å². The first-order valence-electron chi connectivity index (χ1n) is 9.54. The number of anilines is 1. The molecule has 30 heavy (non-hydrogen) atoms. The Balaban J connectivity index is 1.55. The molecule has 3 amide bonds. The second-order valence-corrected chi connectivity index (χ2v) is 6.95. The number of para-hydroxylation sites is 2. The number of benzene rings is 2. The minimum atomic E-state index is -4.81. The van der Waals surface area contributed by atoms with E-state index in [2.05, 4.69) is 15.4 Å². The summed E-state index contributed by atoms with van der Waals surface area (Å²) in [6.07, 6.45) is -3.49. The van der Waals surface area contributed by atoms with Crippen LogP contribution in [-0.4, -0.2) is 36.3 Å². The number of likely N-dealkylation sites (tertiary alicyclic amines) is 1. The highest BCUT2D eigenvalue weighted by molar-refractivity contribution is 5.93. The van der Waals surface area contributed by atoms with Crippen LogP contribution in [0.5, 0.6) is 5.75 Å². The van der Waals surface area contributed by atoms with Gasteiger partial charge in [0.2, 0.25) is 5.91 Å². The van der Waals surface area contributed by atoms with E-state index >= 15 is 0 Å². The van der Waals surface area contributed by atoms with Crippen LogP contribution in [0.15, 0.2) is 54.6 Å². The lowest BCUT2D eigenvalue weighted by atomic mass is 9.97. The molecule has 1 aliphatic rings. The molecule has 3 rings (SSSR count). The Morgan fingerprint density at radius 1 is 1.07 bits per heavy atom. The van der Waals surface area contributed by atoms with Crippen LogP contribution in [0.25, 0.3) is 0 Å². The van der Waals surface area contributed by atoms with Crippen molar-refractivity contribution in [2.24, 2.45) is 5.92 Å². The molecule has 1 heterocycles. The maximum atomic E-state index is 12.5. The Labute approximate surface area is 172 Å². The second kappa shape index (κ2) is 9.51. The molecule has 0 bridgehead atoms. The molecule has 160 valence electrons. The zero-order valence-electron chi connectivity index (χ0n) is 16.1. The standard InChI is InChI=1S/C21H22F3N3O3/c22-21(23,24)30-18-11-5-4-7-15(18)13-25-20(29)27-12-6-8-16(14-27)19(28)26-17-9-2-1-3-10-17/h1-5,7,9-11,16H,6,8,12-14H2,(H,25,29)(H,26,28). The number of hydrogen-bond donors (Lipinski definition) is 2. The third kappa shape index (κ3) is 6.13. The van der Waals surface area contributed by atoms with Crippen LogP contribution in [0.2, 0.25) is 0 Å². The number of carbonyl (C=O) groups is 2. The molecule has 6 nitrogen and oxygen atoms in total. The highest BCUT2D eigenvalue weighted by Crippen LogP contribution is 2.26. The number of amides is 3. The molecule has 2 aromatic carbocycles. The zero-order chi connectivity index (χ0) is 21.6. The number of rotatable bonds is 5. The first kappa shape index (κ1) is 21.5. The lowest BCUT2D eigenvalue weighted by Gasteiger charge is -2.32. The van der Waals surface area contributed by atoms with Gasteiger partial charge in [-0.15, -0.1) is 13.2 Å². The van der Waals surface area contributed by atoms with Gasteiger partial charge in [0.25, 0.3) is 0 Å². The van der Waals surface area contributed by atoms with Crippen LogP contribution in [0.4, 0.5) is 23.7 Å². The van der Waals surface area contributed by atoms with Crippen LogP contribution < -0.4 is 15.4 Å². The van der Waals surface area contributed by atoms with Crippen LogP contribution in [0.3, 0.4) is 0 Å². The van der Waals surface area contributed by atoms with Gasteiger partial charge in [-0.25, -0.2) is 4.79 Å². The van der Waals surface area contributed by atoms with E-state index in [1.54, 1.807) is 18.2 Å². The topological polar surface area (TPSA) is 70.7 Å². The monoisotopic (exact) mass is 421 g/mol. The number of nitrogens with one attached hydrogen (secondary N) is 2. The molecular formula is C21H22F3N3O3. The molecule has 9 heteroatoms. The summed E-state index contributed by atoms with van der Waals surface area (Å²) >= 11 is 0. The molecule has 2 N–H and O–H groups in total. The van der Waals surface area contributed by atoms with Crippen molar-refractivity contribution in [1.29, 1.82) is 0 Å². The van der Waals surface area contributed by atoms with Crippen LogP contribution >= 0.6 is 0 Å². The van der Waals surface area contributed by atoms with Gasteiger partial charge in [-0.05, 0) is 31.0 Å². The molecule has 0 spiro atoms. The first-order valence-corrected chi connectivity index (χ1v) is 9.54. The lowest BCUT2D eigenvalue weighted by Crippen LogP contribution is -2.47. The van der Waals surface area contributed by atoms with E-state index in [4.69, 9.17) is 0 Å². The first-order chi connectivity index (χ1) is 14.3. The fourth-order valence-corrected chi connectivity index (χ4v) is 3.30. The molecule has 1 unspecified atom stereocenters. The van der Waals surface area contributed by atoms with Gasteiger partial charge in [0, 0.05) is 30.9 Å². The molecule has 0 aliphatic carbocycles. The molecule has 1 atom stereocenters. The summed E-state index contributed by atoms with van der Waals surface area (Å²) in [6.45, 7) is 0.593. The summed E-state index contributed by atoms with van der Waals surface area (Å²) in [4.78, 5) is 26.5. The molecular weight excluding hydrogens is 399 g/mol. The van der Waals surface area contributed by atoms with Gasteiger partial charge in [-0.1, -0.05) is 36.4 Å². The van der Waals surface area contributed by atoms with Crippen molar-refractivity contribution < 1.29 is 27.5 Å². The molecule has 0 aromatic heterocycles. The highest BCUT2D eigenvalue weighted by atomic mass is 19.4. The lowest BCUT2D eigenvalue weighted by molar-refractivity contribution is -0.274. The molecule has 0 saturated carbocycles. The minimum absolute atomic E-state index is 0.123. The average molecular weight is 421 g/mol. The fraction of sp³-hybridized carbons (Fsp3) is 0.333. The molecule has 1 saturated heterocycles. The molecule has 1 fully saturated rings. The third-order valence-electron chi connectivity index (χ3n) is 4.75. The van der Waals surface area contributed by atoms with Gasteiger partial charge < -0.3 is 20.3 Å². The number of hydrogen-bond acceptors (Lipinski definition) is 3.